The highest BCUT2D eigenvalue weighted by Gasteiger charge is 2.72. The monoisotopic (exact) mass is 448 g/mol. The first-order valence-corrected chi connectivity index (χ1v) is 12.5. The zero-order valence-electron chi connectivity index (χ0n) is 20.2. The van der Waals surface area contributed by atoms with Gasteiger partial charge in [-0.25, -0.2) is 0 Å². The summed E-state index contributed by atoms with van der Waals surface area (Å²) < 4.78 is 5.31. The summed E-state index contributed by atoms with van der Waals surface area (Å²) in [6, 6.07) is 36.5. The summed E-state index contributed by atoms with van der Waals surface area (Å²) in [4.78, 5) is 0. The van der Waals surface area contributed by atoms with Crippen molar-refractivity contribution >= 4 is 23.4 Å². The van der Waals surface area contributed by atoms with E-state index in [4.69, 9.17) is 0 Å². The molecule has 3 aliphatic heterocycles. The van der Waals surface area contributed by atoms with Gasteiger partial charge in [0, 0.05) is 12.1 Å². The first-order chi connectivity index (χ1) is 17.1. The van der Waals surface area contributed by atoms with E-state index in [0.29, 0.717) is 0 Å². The Morgan fingerprint density at radius 1 is 0.571 bits per heavy atom. The molecular weight excluding hydrogens is 423 g/mol. The first kappa shape index (κ1) is 19.3. The maximum absolute atomic E-state index is 2.66. The first-order valence-electron chi connectivity index (χ1n) is 12.5. The van der Waals surface area contributed by atoms with Gasteiger partial charge in [0.15, 0.2) is 11.2 Å². The number of aromatic nitrogens is 2. The van der Waals surface area contributed by atoms with Crippen LogP contribution in [0.4, 0.5) is 0 Å². The Kier molecular flexibility index (Phi) is 3.52. The lowest BCUT2D eigenvalue weighted by Crippen LogP contribution is -2.90. The van der Waals surface area contributed by atoms with Crippen molar-refractivity contribution in [1.29, 1.82) is 0 Å². The molecule has 0 amide bonds. The quantitative estimate of drug-likeness (QED) is 0.269. The van der Waals surface area contributed by atoms with Crippen molar-refractivity contribution in [3.63, 3.8) is 0 Å². The summed E-state index contributed by atoms with van der Waals surface area (Å²) in [5.41, 5.74) is 15.8. The van der Waals surface area contributed by atoms with Crippen LogP contribution >= 0.6 is 0 Å². The van der Waals surface area contributed by atoms with Crippen LogP contribution in [0, 0.1) is 20.8 Å². The van der Waals surface area contributed by atoms with Gasteiger partial charge >= 0.3 is 12.4 Å². The van der Waals surface area contributed by atoms with E-state index in [1.165, 1.54) is 67.0 Å². The molecule has 0 bridgehead atoms. The van der Waals surface area contributed by atoms with E-state index in [1.807, 2.05) is 0 Å². The molecule has 0 N–H and O–H groups in total. The molecule has 0 aliphatic carbocycles. The van der Waals surface area contributed by atoms with Gasteiger partial charge in [0.25, 0.3) is 0 Å². The van der Waals surface area contributed by atoms with Gasteiger partial charge in [-0.1, -0.05) is 65.2 Å². The predicted octanol–water partition coefficient (Wildman–Crippen LogP) is 3.27. The summed E-state index contributed by atoms with van der Waals surface area (Å²) in [7, 11) is 0. The van der Waals surface area contributed by atoms with Gasteiger partial charge < -0.3 is 0 Å². The lowest BCUT2D eigenvalue weighted by Gasteiger charge is -2.28. The van der Waals surface area contributed by atoms with Crippen LogP contribution in [-0.2, 0) is 5.66 Å². The Morgan fingerprint density at radius 3 is 1.57 bits per heavy atom. The normalized spacial score (nSPS) is 14.9. The van der Waals surface area contributed by atoms with Crippen LogP contribution in [0.15, 0.2) is 97.1 Å². The smallest absolute Gasteiger partial charge is 0.131 e. The molecule has 164 valence electrons. The van der Waals surface area contributed by atoms with E-state index >= 15 is 0 Å². The third-order valence-corrected chi connectivity index (χ3v) is 8.46. The average molecular weight is 448 g/mol. The van der Waals surface area contributed by atoms with Crippen molar-refractivity contribution < 1.29 is 9.13 Å². The molecule has 35 heavy (non-hydrogen) atoms. The topological polar surface area (TPSA) is 7.76 Å². The lowest BCUT2D eigenvalue weighted by atomic mass is 9.37. The maximum atomic E-state index is 2.66. The molecule has 0 saturated heterocycles. The van der Waals surface area contributed by atoms with E-state index in [1.54, 1.807) is 0 Å². The Hall–Kier alpha value is -3.98. The van der Waals surface area contributed by atoms with E-state index in [-0.39, 0.29) is 6.71 Å². The highest BCUT2D eigenvalue weighted by molar-refractivity contribution is 6.94. The minimum absolute atomic E-state index is 0.159. The molecule has 3 aromatic carbocycles. The van der Waals surface area contributed by atoms with Crippen LogP contribution in [0.1, 0.15) is 27.8 Å². The van der Waals surface area contributed by atoms with Gasteiger partial charge in [-0.15, -0.1) is 9.13 Å². The minimum Gasteiger partial charge on any atom is -0.131 e. The van der Waals surface area contributed by atoms with E-state index in [9.17, 15) is 0 Å². The van der Waals surface area contributed by atoms with Gasteiger partial charge in [0.05, 0.1) is 11.1 Å². The zero-order valence-corrected chi connectivity index (χ0v) is 20.2. The Balaban J connectivity index is 1.62. The van der Waals surface area contributed by atoms with Crippen LogP contribution < -0.4 is 25.8 Å². The molecule has 5 heterocycles. The van der Waals surface area contributed by atoms with Crippen molar-refractivity contribution in [2.24, 2.45) is 0 Å². The molecule has 3 aliphatic rings. The van der Waals surface area contributed by atoms with Crippen molar-refractivity contribution in [1.82, 2.24) is 0 Å². The second kappa shape index (κ2) is 6.37. The summed E-state index contributed by atoms with van der Waals surface area (Å²) >= 11 is 0. The molecule has 0 unspecified atom stereocenters. The largest absolute Gasteiger partial charge is 0.416 e. The van der Waals surface area contributed by atoms with Gasteiger partial charge in [0.1, 0.15) is 11.1 Å². The highest BCUT2D eigenvalue weighted by Crippen LogP contribution is 2.46. The average Bonchev–Trinajstić information content (AvgIpc) is 3.34. The van der Waals surface area contributed by atoms with Crippen molar-refractivity contribution in [2.45, 2.75) is 26.4 Å². The number of hydrogen-bond acceptors (Lipinski definition) is 0. The van der Waals surface area contributed by atoms with Gasteiger partial charge in [-0.3, -0.25) is 0 Å². The molecule has 0 saturated carbocycles. The van der Waals surface area contributed by atoms with Crippen LogP contribution in [0.3, 0.4) is 0 Å². The number of fused-ring (bicyclic) bond motifs is 4. The van der Waals surface area contributed by atoms with Crippen molar-refractivity contribution in [3.8, 4) is 22.5 Å². The SMILES string of the molecule is Cc1cc(C)c(B2c3cccc4[n+]3C3(c5ccccc5-4)c4ccccc4-c4cccc2[n+]43)c(C)c1. The Labute approximate surface area is 206 Å². The second-order valence-electron chi connectivity index (χ2n) is 10.4. The molecule has 2 aromatic heterocycles. The summed E-state index contributed by atoms with van der Waals surface area (Å²) in [6.07, 6.45) is 0. The van der Waals surface area contributed by atoms with Gasteiger partial charge in [-0.2, -0.15) is 0 Å². The second-order valence-corrected chi connectivity index (χ2v) is 10.4. The molecule has 5 aromatic rings. The van der Waals surface area contributed by atoms with Crippen molar-refractivity contribution in [2.75, 3.05) is 0 Å². The zero-order chi connectivity index (χ0) is 23.5. The number of rotatable bonds is 1. The highest BCUT2D eigenvalue weighted by atomic mass is 15.3. The predicted molar refractivity (Wildman–Crippen MR) is 141 cm³/mol. The Morgan fingerprint density at radius 2 is 1.06 bits per heavy atom. The fourth-order valence-electron chi connectivity index (χ4n) is 7.49. The van der Waals surface area contributed by atoms with Crippen LogP contribution in [0.2, 0.25) is 0 Å². The summed E-state index contributed by atoms with van der Waals surface area (Å²) in [6.45, 7) is 6.92. The molecule has 0 radical (unpaired) electrons. The standard InChI is InChI=1S/C32H25BN2/c1-20-18-21(2)31(22(3)19-20)33-29-16-8-14-27-23-10-4-6-12-25(23)32(34(27)29)26-13-7-5-11-24(26)28-15-9-17-30(33)35(28)32/h4-19H,1-3H3/q+2. The van der Waals surface area contributed by atoms with Gasteiger partial charge in [0.2, 0.25) is 11.4 Å². The molecule has 3 heteroatoms. The third-order valence-electron chi connectivity index (χ3n) is 8.46. The fraction of sp³-hybridized carbons (Fsp3) is 0.125. The molecular formula is C32H25BN2+2. The number of pyridine rings is 2. The maximum Gasteiger partial charge on any atom is 0.416 e. The minimum atomic E-state index is -0.395. The molecule has 2 nitrogen and oxygen atoms in total. The summed E-state index contributed by atoms with van der Waals surface area (Å²) in [5.74, 6) is 0. The lowest BCUT2D eigenvalue weighted by molar-refractivity contribution is -0.944. The Bertz CT molecular complexity index is 1630. The van der Waals surface area contributed by atoms with Crippen molar-refractivity contribution in [3.05, 3.63) is 125 Å². The number of aryl methyl sites for hydroxylation is 3. The molecule has 8 rings (SSSR count). The van der Waals surface area contributed by atoms with Crippen LogP contribution in [0.5, 0.6) is 0 Å². The third kappa shape index (κ3) is 2.10. The number of nitrogens with zero attached hydrogens (tertiary/aromatic N) is 2. The van der Waals surface area contributed by atoms with E-state index in [0.717, 1.165) is 0 Å². The number of benzene rings is 3. The van der Waals surface area contributed by atoms with Crippen LogP contribution in [-0.4, -0.2) is 6.71 Å². The van der Waals surface area contributed by atoms with Crippen LogP contribution in [0.25, 0.3) is 22.5 Å². The summed E-state index contributed by atoms with van der Waals surface area (Å²) in [5, 5.41) is 0. The fourth-order valence-corrected chi connectivity index (χ4v) is 7.49. The molecule has 0 fully saturated rings. The molecule has 0 atom stereocenters. The van der Waals surface area contributed by atoms with E-state index < -0.39 is 5.66 Å². The van der Waals surface area contributed by atoms with E-state index in [2.05, 4.69) is 127 Å². The molecule has 1 spiro atoms. The number of hydrogen-bond donors (Lipinski definition) is 0. The van der Waals surface area contributed by atoms with Gasteiger partial charge in [-0.05, 0) is 62.6 Å².